The zero-order valence-corrected chi connectivity index (χ0v) is 16.4. The highest BCUT2D eigenvalue weighted by molar-refractivity contribution is 5.96. The number of unbranched alkanes of at least 4 members (excludes halogenated alkanes) is 6. The van der Waals surface area contributed by atoms with E-state index < -0.39 is 0 Å². The molecule has 0 aliphatic rings. The van der Waals surface area contributed by atoms with Crippen LogP contribution >= 0.6 is 0 Å². The number of carbonyl (C=O) groups is 2. The van der Waals surface area contributed by atoms with Gasteiger partial charge in [0.25, 0.3) is 0 Å². The summed E-state index contributed by atoms with van der Waals surface area (Å²) in [5.74, 6) is 0.873. The Labute approximate surface area is 158 Å². The van der Waals surface area contributed by atoms with Crippen molar-refractivity contribution >= 4 is 11.8 Å². The number of hydrogen-bond donors (Lipinski definition) is 0. The third-order valence-electron chi connectivity index (χ3n) is 4.28. The van der Waals surface area contributed by atoms with Crippen LogP contribution in [-0.2, 0) is 9.53 Å². The first-order chi connectivity index (χ1) is 12.7. The van der Waals surface area contributed by atoms with Crippen LogP contribution in [0.5, 0.6) is 5.75 Å². The molecule has 0 saturated heterocycles. The molecule has 4 nitrogen and oxygen atoms in total. The lowest BCUT2D eigenvalue weighted by molar-refractivity contribution is -0.143. The molecule has 0 aliphatic heterocycles. The van der Waals surface area contributed by atoms with Gasteiger partial charge in [0.1, 0.15) is 5.75 Å². The molecule has 0 unspecified atom stereocenters. The largest absolute Gasteiger partial charge is 0.494 e. The zero-order valence-electron chi connectivity index (χ0n) is 16.4. The van der Waals surface area contributed by atoms with Gasteiger partial charge >= 0.3 is 5.97 Å². The van der Waals surface area contributed by atoms with Gasteiger partial charge in [0.2, 0.25) is 0 Å². The highest BCUT2D eigenvalue weighted by atomic mass is 16.5. The van der Waals surface area contributed by atoms with Gasteiger partial charge in [-0.2, -0.15) is 0 Å². The van der Waals surface area contributed by atoms with Gasteiger partial charge in [0.15, 0.2) is 5.78 Å². The van der Waals surface area contributed by atoms with Crippen LogP contribution in [0.4, 0.5) is 0 Å². The fourth-order valence-electron chi connectivity index (χ4n) is 2.74. The molecule has 0 bridgehead atoms. The Bertz CT molecular complexity index is 507. The van der Waals surface area contributed by atoms with E-state index in [1.807, 2.05) is 31.2 Å². The minimum Gasteiger partial charge on any atom is -0.494 e. The second kappa shape index (κ2) is 14.3. The molecule has 4 heteroatoms. The average Bonchev–Trinajstić information content (AvgIpc) is 2.65. The van der Waals surface area contributed by atoms with Crippen molar-refractivity contribution in [2.75, 3.05) is 13.2 Å². The van der Waals surface area contributed by atoms with Crippen LogP contribution in [-0.4, -0.2) is 25.0 Å². The Balaban J connectivity index is 2.15. The fraction of sp³-hybridized carbons (Fsp3) is 0.636. The van der Waals surface area contributed by atoms with E-state index in [1.165, 1.54) is 19.3 Å². The second-order valence-electron chi connectivity index (χ2n) is 6.58. The summed E-state index contributed by atoms with van der Waals surface area (Å²) in [6.07, 6.45) is 9.38. The Morgan fingerprint density at radius 3 is 2.12 bits per heavy atom. The summed E-state index contributed by atoms with van der Waals surface area (Å²) >= 11 is 0. The molecule has 0 radical (unpaired) electrons. The van der Waals surface area contributed by atoms with Crippen molar-refractivity contribution in [3.05, 3.63) is 29.8 Å². The molecule has 0 atom stereocenters. The first kappa shape index (κ1) is 22.2. The van der Waals surface area contributed by atoms with Gasteiger partial charge in [-0.3, -0.25) is 9.59 Å². The topological polar surface area (TPSA) is 52.6 Å². The number of ketones is 1. The molecule has 1 aromatic rings. The lowest BCUT2D eigenvalue weighted by Gasteiger charge is -2.07. The molecule has 0 fully saturated rings. The first-order valence-corrected chi connectivity index (χ1v) is 10.1. The highest BCUT2D eigenvalue weighted by Gasteiger charge is 2.06. The van der Waals surface area contributed by atoms with Gasteiger partial charge in [0.05, 0.1) is 13.2 Å². The standard InChI is InChI=1S/C22H34O4/c1-3-5-6-11-18-26-20-16-14-19(15-17-20)21(23)12-9-7-8-10-13-22(24)25-4-2/h14-17H,3-13,18H2,1-2H3. The van der Waals surface area contributed by atoms with Gasteiger partial charge < -0.3 is 9.47 Å². The van der Waals surface area contributed by atoms with E-state index in [9.17, 15) is 9.59 Å². The minimum absolute atomic E-state index is 0.128. The molecule has 0 saturated carbocycles. The van der Waals surface area contributed by atoms with E-state index in [0.717, 1.165) is 50.0 Å². The molecule has 0 aliphatic carbocycles. The van der Waals surface area contributed by atoms with Gasteiger partial charge in [-0.15, -0.1) is 0 Å². The second-order valence-corrected chi connectivity index (χ2v) is 6.58. The summed E-state index contributed by atoms with van der Waals surface area (Å²) in [6.45, 7) is 5.19. The van der Waals surface area contributed by atoms with Gasteiger partial charge in [0, 0.05) is 18.4 Å². The van der Waals surface area contributed by atoms with Crippen LogP contribution in [0, 0.1) is 0 Å². The normalized spacial score (nSPS) is 10.5. The Morgan fingerprint density at radius 2 is 1.46 bits per heavy atom. The maximum atomic E-state index is 12.2. The van der Waals surface area contributed by atoms with Crippen molar-refractivity contribution in [3.63, 3.8) is 0 Å². The number of rotatable bonds is 15. The van der Waals surface area contributed by atoms with Crippen LogP contribution < -0.4 is 4.74 Å². The zero-order chi connectivity index (χ0) is 19.0. The SMILES string of the molecule is CCCCCCOc1ccc(C(=O)CCCCCCC(=O)OCC)cc1. The van der Waals surface area contributed by atoms with E-state index in [1.54, 1.807) is 0 Å². The quantitative estimate of drug-likeness (QED) is 0.227. The van der Waals surface area contributed by atoms with Gasteiger partial charge in [-0.1, -0.05) is 39.0 Å². The number of carbonyl (C=O) groups excluding carboxylic acids is 2. The van der Waals surface area contributed by atoms with Crippen LogP contribution in [0.2, 0.25) is 0 Å². The van der Waals surface area contributed by atoms with Gasteiger partial charge in [-0.05, 0) is 50.5 Å². The van der Waals surface area contributed by atoms with Crippen molar-refractivity contribution < 1.29 is 19.1 Å². The maximum Gasteiger partial charge on any atom is 0.305 e. The summed E-state index contributed by atoms with van der Waals surface area (Å²) in [5, 5.41) is 0. The van der Waals surface area contributed by atoms with Crippen LogP contribution in [0.1, 0.15) is 88.4 Å². The van der Waals surface area contributed by atoms with E-state index in [2.05, 4.69) is 6.92 Å². The van der Waals surface area contributed by atoms with Crippen LogP contribution in [0.25, 0.3) is 0 Å². The Kier molecular flexibility index (Phi) is 12.2. The number of esters is 1. The molecule has 0 amide bonds. The molecule has 1 aromatic carbocycles. The number of ether oxygens (including phenoxy) is 2. The average molecular weight is 363 g/mol. The number of hydrogen-bond acceptors (Lipinski definition) is 4. The van der Waals surface area contributed by atoms with Crippen molar-refractivity contribution in [1.82, 2.24) is 0 Å². The van der Waals surface area contributed by atoms with Crippen LogP contribution in [0.3, 0.4) is 0 Å². The van der Waals surface area contributed by atoms with E-state index in [-0.39, 0.29) is 11.8 Å². The monoisotopic (exact) mass is 362 g/mol. The lowest BCUT2D eigenvalue weighted by Crippen LogP contribution is -2.03. The van der Waals surface area contributed by atoms with Gasteiger partial charge in [-0.25, -0.2) is 0 Å². The molecule has 0 spiro atoms. The van der Waals surface area contributed by atoms with Crippen molar-refractivity contribution in [1.29, 1.82) is 0 Å². The molecule has 0 aromatic heterocycles. The van der Waals surface area contributed by atoms with E-state index in [4.69, 9.17) is 9.47 Å². The Hall–Kier alpha value is -1.84. The smallest absolute Gasteiger partial charge is 0.305 e. The molecular formula is C22H34O4. The Morgan fingerprint density at radius 1 is 0.808 bits per heavy atom. The predicted octanol–water partition coefficient (Wildman–Crippen LogP) is 5.73. The summed E-state index contributed by atoms with van der Waals surface area (Å²) in [4.78, 5) is 23.4. The van der Waals surface area contributed by atoms with Crippen LogP contribution in [0.15, 0.2) is 24.3 Å². The number of benzene rings is 1. The molecule has 146 valence electrons. The molecular weight excluding hydrogens is 328 g/mol. The van der Waals surface area contributed by atoms with E-state index >= 15 is 0 Å². The predicted molar refractivity (Wildman–Crippen MR) is 105 cm³/mol. The summed E-state index contributed by atoms with van der Waals surface area (Å²) in [7, 11) is 0. The number of Topliss-reactive ketones (excluding diaryl/α,β-unsaturated/α-hetero) is 1. The molecule has 26 heavy (non-hydrogen) atoms. The molecule has 1 rings (SSSR count). The molecule has 0 heterocycles. The third kappa shape index (κ3) is 10.2. The summed E-state index contributed by atoms with van der Waals surface area (Å²) in [6, 6.07) is 7.47. The molecule has 0 N–H and O–H groups in total. The summed E-state index contributed by atoms with van der Waals surface area (Å²) < 4.78 is 10.6. The highest BCUT2D eigenvalue weighted by Crippen LogP contribution is 2.16. The lowest BCUT2D eigenvalue weighted by atomic mass is 10.0. The third-order valence-corrected chi connectivity index (χ3v) is 4.28. The summed E-state index contributed by atoms with van der Waals surface area (Å²) in [5.41, 5.74) is 0.745. The van der Waals surface area contributed by atoms with E-state index in [0.29, 0.717) is 19.4 Å². The maximum absolute atomic E-state index is 12.2. The minimum atomic E-state index is -0.128. The fourth-order valence-corrected chi connectivity index (χ4v) is 2.74. The van der Waals surface area contributed by atoms with Crippen molar-refractivity contribution in [3.8, 4) is 5.75 Å². The van der Waals surface area contributed by atoms with Crippen molar-refractivity contribution in [2.45, 2.75) is 78.1 Å². The first-order valence-electron chi connectivity index (χ1n) is 10.1. The van der Waals surface area contributed by atoms with Crippen molar-refractivity contribution in [2.24, 2.45) is 0 Å².